The third-order valence-corrected chi connectivity index (χ3v) is 5.13. The lowest BCUT2D eigenvalue weighted by Gasteiger charge is -2.22. The van der Waals surface area contributed by atoms with Gasteiger partial charge in [0.15, 0.2) is 0 Å². The van der Waals surface area contributed by atoms with Gasteiger partial charge in [0, 0.05) is 17.1 Å². The lowest BCUT2D eigenvalue weighted by atomic mass is 10.2. The molecule has 0 aliphatic heterocycles. The van der Waals surface area contributed by atoms with Gasteiger partial charge in [-0.15, -0.1) is 11.3 Å². The Kier molecular flexibility index (Phi) is 3.89. The van der Waals surface area contributed by atoms with E-state index in [2.05, 4.69) is 15.9 Å². The predicted molar refractivity (Wildman–Crippen MR) is 81.3 cm³/mol. The maximum atomic E-state index is 13.3. The topological polar surface area (TPSA) is 20.3 Å². The molecule has 1 aromatic heterocycles. The maximum absolute atomic E-state index is 13.3. The SMILES string of the molecule is O=C(c1sccc1Br)N(Cc1cccc(F)c1)C1CC1. The molecule has 2 nitrogen and oxygen atoms in total. The van der Waals surface area contributed by atoms with E-state index in [9.17, 15) is 9.18 Å². The molecule has 1 saturated carbocycles. The first-order chi connectivity index (χ1) is 9.65. The zero-order valence-electron chi connectivity index (χ0n) is 10.7. The highest BCUT2D eigenvalue weighted by Gasteiger charge is 2.34. The molecule has 0 radical (unpaired) electrons. The van der Waals surface area contributed by atoms with Gasteiger partial charge in [-0.05, 0) is 57.9 Å². The van der Waals surface area contributed by atoms with Crippen LogP contribution in [0.2, 0.25) is 0 Å². The number of carbonyl (C=O) groups is 1. The van der Waals surface area contributed by atoms with Crippen molar-refractivity contribution in [3.63, 3.8) is 0 Å². The number of carbonyl (C=O) groups excluding carboxylic acids is 1. The minimum atomic E-state index is -0.261. The fraction of sp³-hybridized carbons (Fsp3) is 0.267. The number of thiophene rings is 1. The van der Waals surface area contributed by atoms with Crippen LogP contribution in [0.15, 0.2) is 40.2 Å². The molecule has 20 heavy (non-hydrogen) atoms. The average molecular weight is 354 g/mol. The molecule has 1 amide bonds. The van der Waals surface area contributed by atoms with Crippen molar-refractivity contribution in [1.29, 1.82) is 0 Å². The Morgan fingerprint density at radius 1 is 1.40 bits per heavy atom. The molecular weight excluding hydrogens is 341 g/mol. The molecule has 0 unspecified atom stereocenters. The lowest BCUT2D eigenvalue weighted by molar-refractivity contribution is 0.0734. The molecule has 0 bridgehead atoms. The van der Waals surface area contributed by atoms with E-state index in [1.54, 1.807) is 6.07 Å². The number of halogens is 2. The number of nitrogens with zero attached hydrogens (tertiary/aromatic N) is 1. The molecule has 5 heteroatoms. The van der Waals surface area contributed by atoms with Crippen LogP contribution in [-0.2, 0) is 6.54 Å². The molecule has 3 rings (SSSR count). The van der Waals surface area contributed by atoms with Crippen LogP contribution in [0, 0.1) is 5.82 Å². The first-order valence-electron chi connectivity index (χ1n) is 6.43. The van der Waals surface area contributed by atoms with Crippen molar-refractivity contribution in [2.45, 2.75) is 25.4 Å². The van der Waals surface area contributed by atoms with Crippen molar-refractivity contribution in [2.75, 3.05) is 0 Å². The Labute approximate surface area is 129 Å². The summed E-state index contributed by atoms with van der Waals surface area (Å²) in [6.45, 7) is 0.464. The second-order valence-electron chi connectivity index (χ2n) is 4.89. The van der Waals surface area contributed by atoms with Crippen LogP contribution in [0.25, 0.3) is 0 Å². The molecular formula is C15H13BrFNOS. The van der Waals surface area contributed by atoms with Gasteiger partial charge in [-0.25, -0.2) is 4.39 Å². The van der Waals surface area contributed by atoms with Crippen molar-refractivity contribution in [1.82, 2.24) is 4.90 Å². The summed E-state index contributed by atoms with van der Waals surface area (Å²) in [5.74, 6) is -0.235. The zero-order valence-corrected chi connectivity index (χ0v) is 13.1. The van der Waals surface area contributed by atoms with Gasteiger partial charge in [-0.1, -0.05) is 12.1 Å². The second kappa shape index (κ2) is 5.66. The van der Waals surface area contributed by atoms with E-state index in [4.69, 9.17) is 0 Å². The monoisotopic (exact) mass is 353 g/mol. The molecule has 1 aliphatic rings. The standard InChI is InChI=1S/C15H13BrFNOS/c16-13-6-7-20-14(13)15(19)18(12-4-5-12)9-10-2-1-3-11(17)8-10/h1-3,6-8,12H,4-5,9H2. The summed E-state index contributed by atoms with van der Waals surface area (Å²) < 4.78 is 14.1. The zero-order chi connectivity index (χ0) is 14.1. The smallest absolute Gasteiger partial charge is 0.265 e. The van der Waals surface area contributed by atoms with E-state index in [0.717, 1.165) is 22.9 Å². The predicted octanol–water partition coefficient (Wildman–Crippen LogP) is 4.45. The molecule has 0 N–H and O–H groups in total. The van der Waals surface area contributed by atoms with Crippen molar-refractivity contribution >= 4 is 33.2 Å². The number of benzene rings is 1. The molecule has 0 spiro atoms. The maximum Gasteiger partial charge on any atom is 0.265 e. The van der Waals surface area contributed by atoms with E-state index in [1.165, 1.54) is 23.5 Å². The highest BCUT2D eigenvalue weighted by atomic mass is 79.9. The Morgan fingerprint density at radius 2 is 2.20 bits per heavy atom. The van der Waals surface area contributed by atoms with Crippen LogP contribution in [0.1, 0.15) is 28.1 Å². The van der Waals surface area contributed by atoms with Gasteiger partial charge in [0.2, 0.25) is 0 Å². The third-order valence-electron chi connectivity index (χ3n) is 3.30. The summed E-state index contributed by atoms with van der Waals surface area (Å²) in [6.07, 6.45) is 2.06. The Morgan fingerprint density at radius 3 is 2.80 bits per heavy atom. The van der Waals surface area contributed by atoms with Gasteiger partial charge in [0.1, 0.15) is 10.7 Å². The van der Waals surface area contributed by atoms with E-state index in [1.807, 2.05) is 22.4 Å². The van der Waals surface area contributed by atoms with Crippen molar-refractivity contribution in [3.05, 3.63) is 56.4 Å². The van der Waals surface area contributed by atoms with E-state index in [-0.39, 0.29) is 11.7 Å². The molecule has 104 valence electrons. The fourth-order valence-corrected chi connectivity index (χ4v) is 3.66. The second-order valence-corrected chi connectivity index (χ2v) is 6.66. The Hall–Kier alpha value is -1.20. The number of amides is 1. The number of rotatable bonds is 4. The largest absolute Gasteiger partial charge is 0.331 e. The summed E-state index contributed by atoms with van der Waals surface area (Å²) in [5, 5.41) is 1.89. The molecule has 2 aromatic rings. The van der Waals surface area contributed by atoms with Crippen LogP contribution in [0.5, 0.6) is 0 Å². The molecule has 1 fully saturated rings. The first kappa shape index (κ1) is 13.8. The number of hydrogen-bond acceptors (Lipinski definition) is 2. The van der Waals surface area contributed by atoms with Gasteiger partial charge in [-0.3, -0.25) is 4.79 Å². The van der Waals surface area contributed by atoms with Crippen LogP contribution in [0.4, 0.5) is 4.39 Å². The highest BCUT2D eigenvalue weighted by Crippen LogP contribution is 2.33. The molecule has 0 atom stereocenters. The average Bonchev–Trinajstić information content (AvgIpc) is 3.17. The van der Waals surface area contributed by atoms with E-state index < -0.39 is 0 Å². The van der Waals surface area contributed by atoms with Crippen molar-refractivity contribution in [2.24, 2.45) is 0 Å². The van der Waals surface area contributed by atoms with Crippen molar-refractivity contribution < 1.29 is 9.18 Å². The lowest BCUT2D eigenvalue weighted by Crippen LogP contribution is -2.32. The molecule has 0 saturated heterocycles. The van der Waals surface area contributed by atoms with Crippen LogP contribution >= 0.6 is 27.3 Å². The minimum Gasteiger partial charge on any atom is -0.331 e. The van der Waals surface area contributed by atoms with Gasteiger partial charge >= 0.3 is 0 Å². The van der Waals surface area contributed by atoms with Crippen LogP contribution < -0.4 is 0 Å². The third kappa shape index (κ3) is 2.94. The van der Waals surface area contributed by atoms with Gasteiger partial charge in [0.05, 0.1) is 0 Å². The molecule has 1 heterocycles. The molecule has 1 aliphatic carbocycles. The summed E-state index contributed by atoms with van der Waals surface area (Å²) in [7, 11) is 0. The minimum absolute atomic E-state index is 0.0265. The van der Waals surface area contributed by atoms with Crippen LogP contribution in [-0.4, -0.2) is 16.8 Å². The highest BCUT2D eigenvalue weighted by molar-refractivity contribution is 9.10. The first-order valence-corrected chi connectivity index (χ1v) is 8.11. The van der Waals surface area contributed by atoms with Gasteiger partial charge in [0.25, 0.3) is 5.91 Å². The fourth-order valence-electron chi connectivity index (χ4n) is 2.16. The quantitative estimate of drug-likeness (QED) is 0.794. The Balaban J connectivity index is 1.83. The summed E-state index contributed by atoms with van der Waals surface area (Å²) in [4.78, 5) is 15.2. The van der Waals surface area contributed by atoms with E-state index in [0.29, 0.717) is 17.5 Å². The van der Waals surface area contributed by atoms with E-state index >= 15 is 0 Å². The Bertz CT molecular complexity index is 638. The normalized spacial score (nSPS) is 14.3. The van der Waals surface area contributed by atoms with Gasteiger partial charge in [-0.2, -0.15) is 0 Å². The van der Waals surface area contributed by atoms with Gasteiger partial charge < -0.3 is 4.90 Å². The summed E-state index contributed by atoms with van der Waals surface area (Å²) in [5.41, 5.74) is 0.831. The summed E-state index contributed by atoms with van der Waals surface area (Å²) in [6, 6.07) is 8.62. The number of hydrogen-bond donors (Lipinski definition) is 0. The van der Waals surface area contributed by atoms with Crippen molar-refractivity contribution in [3.8, 4) is 0 Å². The molecule has 1 aromatic carbocycles. The van der Waals surface area contributed by atoms with Crippen LogP contribution in [0.3, 0.4) is 0 Å². The summed E-state index contributed by atoms with van der Waals surface area (Å²) >= 11 is 4.84.